The van der Waals surface area contributed by atoms with E-state index in [4.69, 9.17) is 4.74 Å². The Kier molecular flexibility index (Phi) is 4.89. The van der Waals surface area contributed by atoms with Crippen LogP contribution in [0.2, 0.25) is 0 Å². The first kappa shape index (κ1) is 14.2. The summed E-state index contributed by atoms with van der Waals surface area (Å²) >= 11 is 0. The van der Waals surface area contributed by atoms with E-state index in [1.165, 1.54) is 10.5 Å². The van der Waals surface area contributed by atoms with E-state index in [2.05, 4.69) is 13.8 Å². The minimum absolute atomic E-state index is 0.318. The Morgan fingerprint density at radius 1 is 1.44 bits per heavy atom. The van der Waals surface area contributed by atoms with Crippen LogP contribution in [0.25, 0.3) is 0 Å². The molecule has 4 heteroatoms. The van der Waals surface area contributed by atoms with Crippen LogP contribution in [-0.4, -0.2) is 31.3 Å². The van der Waals surface area contributed by atoms with Gasteiger partial charge in [0.25, 0.3) is 5.91 Å². The molecule has 0 aliphatic carbocycles. The van der Waals surface area contributed by atoms with Gasteiger partial charge in [-0.15, -0.1) is 0 Å². The Bertz CT molecular complexity index is 441. The van der Waals surface area contributed by atoms with Crippen molar-refractivity contribution in [1.82, 2.24) is 4.90 Å². The van der Waals surface area contributed by atoms with E-state index in [0.29, 0.717) is 18.7 Å². The highest BCUT2D eigenvalue weighted by Crippen LogP contribution is 2.25. The molecule has 1 aromatic carbocycles. The van der Waals surface area contributed by atoms with Crippen molar-refractivity contribution in [3.8, 4) is 5.75 Å². The molecule has 0 radical (unpaired) electrons. The molecule has 0 unspecified atom stereocenters. The zero-order valence-corrected chi connectivity index (χ0v) is 11.3. The van der Waals surface area contributed by atoms with Gasteiger partial charge >= 0.3 is 0 Å². The summed E-state index contributed by atoms with van der Waals surface area (Å²) in [6.07, 6.45) is 0.318. The molecule has 0 saturated carbocycles. The van der Waals surface area contributed by atoms with E-state index in [9.17, 15) is 9.59 Å². The predicted octanol–water partition coefficient (Wildman–Crippen LogP) is 1.98. The van der Waals surface area contributed by atoms with Crippen molar-refractivity contribution in [1.29, 1.82) is 0 Å². The summed E-state index contributed by atoms with van der Waals surface area (Å²) < 4.78 is 5.27. The lowest BCUT2D eigenvalue weighted by atomic mass is 10.00. The second-order valence-corrected chi connectivity index (χ2v) is 4.54. The van der Waals surface area contributed by atoms with E-state index >= 15 is 0 Å². The van der Waals surface area contributed by atoms with E-state index in [-0.39, 0.29) is 0 Å². The summed E-state index contributed by atoms with van der Waals surface area (Å²) in [6, 6.07) is 5.91. The van der Waals surface area contributed by atoms with Crippen LogP contribution in [-0.2, 0) is 16.1 Å². The number of aldehydes is 1. The molecule has 0 aliphatic heterocycles. The van der Waals surface area contributed by atoms with Crippen LogP contribution in [0.15, 0.2) is 18.2 Å². The number of hydrogen-bond donors (Lipinski definition) is 0. The van der Waals surface area contributed by atoms with Gasteiger partial charge < -0.3 is 9.64 Å². The summed E-state index contributed by atoms with van der Waals surface area (Å²) in [5.74, 6) is 0.596. The highest BCUT2D eigenvalue weighted by Gasteiger charge is 2.12. The second kappa shape index (κ2) is 6.19. The highest BCUT2D eigenvalue weighted by molar-refractivity contribution is 6.23. The van der Waals surface area contributed by atoms with Gasteiger partial charge in [0, 0.05) is 19.2 Å². The average Bonchev–Trinajstić information content (AvgIpc) is 2.37. The normalized spacial score (nSPS) is 10.3. The molecular weight excluding hydrogens is 230 g/mol. The molecule has 18 heavy (non-hydrogen) atoms. The highest BCUT2D eigenvalue weighted by atomic mass is 16.5. The van der Waals surface area contributed by atoms with Crippen molar-refractivity contribution in [3.05, 3.63) is 29.3 Å². The van der Waals surface area contributed by atoms with Gasteiger partial charge in [-0.2, -0.15) is 0 Å². The summed E-state index contributed by atoms with van der Waals surface area (Å²) in [5, 5.41) is 0. The van der Waals surface area contributed by atoms with E-state index in [1.807, 2.05) is 18.2 Å². The molecule has 0 bridgehead atoms. The van der Waals surface area contributed by atoms with E-state index in [1.54, 1.807) is 14.2 Å². The SMILES string of the molecule is COc1ccc(C(C)C)cc1CN(C)C(=O)C=O. The maximum Gasteiger partial charge on any atom is 0.286 e. The molecule has 1 rings (SSSR count). The fourth-order valence-corrected chi connectivity index (χ4v) is 1.70. The molecule has 0 saturated heterocycles. The van der Waals surface area contributed by atoms with Gasteiger partial charge in [-0.25, -0.2) is 0 Å². The third kappa shape index (κ3) is 3.32. The number of likely N-dealkylation sites (N-methyl/N-ethyl adjacent to an activating group) is 1. The monoisotopic (exact) mass is 249 g/mol. The molecule has 0 fully saturated rings. The van der Waals surface area contributed by atoms with Gasteiger partial charge in [0.15, 0.2) is 0 Å². The quantitative estimate of drug-likeness (QED) is 0.592. The predicted molar refractivity (Wildman–Crippen MR) is 69.6 cm³/mol. The van der Waals surface area contributed by atoms with Gasteiger partial charge in [-0.3, -0.25) is 9.59 Å². The van der Waals surface area contributed by atoms with Crippen LogP contribution < -0.4 is 4.74 Å². The van der Waals surface area contributed by atoms with Crippen molar-refractivity contribution in [3.63, 3.8) is 0 Å². The lowest BCUT2D eigenvalue weighted by Crippen LogP contribution is -2.27. The van der Waals surface area contributed by atoms with Gasteiger partial charge in [-0.1, -0.05) is 26.0 Å². The Morgan fingerprint density at radius 2 is 2.11 bits per heavy atom. The number of nitrogens with zero attached hydrogens (tertiary/aromatic N) is 1. The molecule has 0 heterocycles. The van der Waals surface area contributed by atoms with Gasteiger partial charge in [0.1, 0.15) is 5.75 Å². The van der Waals surface area contributed by atoms with Crippen molar-refractivity contribution in [2.45, 2.75) is 26.3 Å². The van der Waals surface area contributed by atoms with E-state index < -0.39 is 5.91 Å². The summed E-state index contributed by atoms with van der Waals surface area (Å²) in [4.78, 5) is 23.1. The first-order chi connectivity index (χ1) is 8.49. The molecular formula is C14H19NO3. The lowest BCUT2D eigenvalue weighted by molar-refractivity contribution is -0.138. The number of amides is 1. The van der Waals surface area contributed by atoms with E-state index in [0.717, 1.165) is 11.3 Å². The zero-order valence-electron chi connectivity index (χ0n) is 11.3. The fraction of sp³-hybridized carbons (Fsp3) is 0.429. The smallest absolute Gasteiger partial charge is 0.286 e. The van der Waals surface area contributed by atoms with Gasteiger partial charge in [0.05, 0.1) is 7.11 Å². The fourth-order valence-electron chi connectivity index (χ4n) is 1.70. The summed E-state index contributed by atoms with van der Waals surface area (Å²) in [6.45, 7) is 4.57. The maximum absolute atomic E-state index is 11.3. The van der Waals surface area contributed by atoms with Crippen LogP contribution in [0.3, 0.4) is 0 Å². The van der Waals surface area contributed by atoms with Crippen molar-refractivity contribution >= 4 is 12.2 Å². The number of benzene rings is 1. The summed E-state index contributed by atoms with van der Waals surface area (Å²) in [5.41, 5.74) is 2.08. The molecule has 0 aromatic heterocycles. The topological polar surface area (TPSA) is 46.6 Å². The van der Waals surface area contributed by atoms with Crippen LogP contribution in [0.5, 0.6) is 5.75 Å². The molecule has 4 nitrogen and oxygen atoms in total. The number of rotatable bonds is 5. The number of methoxy groups -OCH3 is 1. The zero-order chi connectivity index (χ0) is 13.7. The first-order valence-corrected chi connectivity index (χ1v) is 5.86. The molecule has 0 aliphatic rings. The van der Waals surface area contributed by atoms with Gasteiger partial charge in [-0.05, 0) is 17.5 Å². The van der Waals surface area contributed by atoms with Crippen LogP contribution in [0, 0.1) is 0 Å². The van der Waals surface area contributed by atoms with Crippen LogP contribution in [0.1, 0.15) is 30.9 Å². The standard InChI is InChI=1S/C14H19NO3/c1-10(2)11-5-6-13(18-4)12(7-11)8-15(3)14(17)9-16/h5-7,9-10H,8H2,1-4H3. The Balaban J connectivity index is 3.01. The van der Waals surface area contributed by atoms with Crippen molar-refractivity contribution < 1.29 is 14.3 Å². The Labute approximate surface area is 108 Å². The minimum Gasteiger partial charge on any atom is -0.496 e. The molecule has 1 aromatic rings. The number of carbonyl (C=O) groups is 2. The molecule has 0 atom stereocenters. The third-order valence-corrected chi connectivity index (χ3v) is 2.86. The van der Waals surface area contributed by atoms with Crippen LogP contribution >= 0.6 is 0 Å². The number of ether oxygens (including phenoxy) is 1. The molecule has 0 spiro atoms. The summed E-state index contributed by atoms with van der Waals surface area (Å²) in [7, 11) is 3.19. The molecule has 0 N–H and O–H groups in total. The Morgan fingerprint density at radius 3 is 2.61 bits per heavy atom. The van der Waals surface area contributed by atoms with Crippen molar-refractivity contribution in [2.24, 2.45) is 0 Å². The maximum atomic E-state index is 11.3. The molecule has 1 amide bonds. The van der Waals surface area contributed by atoms with Crippen LogP contribution in [0.4, 0.5) is 0 Å². The number of hydrogen-bond acceptors (Lipinski definition) is 3. The first-order valence-electron chi connectivity index (χ1n) is 5.86. The Hall–Kier alpha value is -1.84. The minimum atomic E-state index is -0.535. The second-order valence-electron chi connectivity index (χ2n) is 4.54. The third-order valence-electron chi connectivity index (χ3n) is 2.86. The lowest BCUT2D eigenvalue weighted by Gasteiger charge is -2.18. The largest absolute Gasteiger partial charge is 0.496 e. The molecule has 98 valence electrons. The van der Waals surface area contributed by atoms with Crippen molar-refractivity contribution in [2.75, 3.05) is 14.2 Å². The number of carbonyl (C=O) groups excluding carboxylic acids is 2. The van der Waals surface area contributed by atoms with Gasteiger partial charge in [0.2, 0.25) is 6.29 Å². The average molecular weight is 249 g/mol.